The first-order valence-electron chi connectivity index (χ1n) is 1.31. The Bertz CT molecular complexity index is 53.9. The van der Waals surface area contributed by atoms with Gasteiger partial charge < -0.3 is 0 Å². The Kier molecular flexibility index (Phi) is 3.80. The Balaban J connectivity index is 2.93. The molecule has 0 unspecified atom stereocenters. The molecule has 29 valence electrons. The van der Waals surface area contributed by atoms with E-state index in [0.29, 0.717) is 17.7 Å². The van der Waals surface area contributed by atoms with Crippen LogP contribution in [0, 0.1) is 6.92 Å². The highest BCUT2D eigenvalue weighted by Gasteiger charge is 1.53. The minimum absolute atomic E-state index is 0.464. The molecular weight excluding hydrogens is 84.1 g/mol. The summed E-state index contributed by atoms with van der Waals surface area (Å²) < 4.78 is 9.35. The van der Waals surface area contributed by atoms with Gasteiger partial charge in [-0.15, -0.1) is 0 Å². The van der Waals surface area contributed by atoms with Crippen molar-refractivity contribution in [2.45, 2.75) is 6.42 Å². The lowest BCUT2D eigenvalue weighted by molar-refractivity contribution is 0.701. The van der Waals surface area contributed by atoms with Gasteiger partial charge in [0.15, 0.2) is 0 Å². The summed E-state index contributed by atoms with van der Waals surface area (Å²) in [7, 11) is 0. The van der Waals surface area contributed by atoms with Gasteiger partial charge in [-0.25, -0.2) is 4.21 Å². The summed E-state index contributed by atoms with van der Waals surface area (Å²) in [6.07, 6.45) is 0.619. The molecule has 1 nitrogen and oxygen atoms in total. The second-order valence-corrected chi connectivity index (χ2v) is 1.08. The van der Waals surface area contributed by atoms with Gasteiger partial charge in [-0.1, -0.05) is 0 Å². The fourth-order valence-electron chi connectivity index (χ4n) is 0.0481. The van der Waals surface area contributed by atoms with Crippen molar-refractivity contribution in [3.05, 3.63) is 6.92 Å². The summed E-state index contributed by atoms with van der Waals surface area (Å²) in [4.78, 5) is 0. The van der Waals surface area contributed by atoms with E-state index in [1.165, 1.54) is 5.37 Å². The van der Waals surface area contributed by atoms with Gasteiger partial charge in [0, 0.05) is 5.37 Å². The predicted octanol–water partition coefficient (Wildman–Crippen LogP) is 0.226. The van der Waals surface area contributed by atoms with Crippen LogP contribution in [0.3, 0.4) is 0 Å². The maximum Gasteiger partial charge on any atom is 0.0841 e. The second-order valence-electron chi connectivity index (χ2n) is 0.552. The molecule has 0 atom stereocenters. The van der Waals surface area contributed by atoms with Crippen LogP contribution in [0.5, 0.6) is 0 Å². The van der Waals surface area contributed by atoms with Crippen LogP contribution in [0.1, 0.15) is 6.42 Å². The molecule has 0 aliphatic heterocycles. The number of hydrogen-bond donors (Lipinski definition) is 0. The van der Waals surface area contributed by atoms with Crippen molar-refractivity contribution in [1.82, 2.24) is 0 Å². The molecule has 0 saturated carbocycles. The molecule has 0 spiro atoms. The molecule has 0 bridgehead atoms. The molecule has 0 aliphatic carbocycles. The van der Waals surface area contributed by atoms with Crippen LogP contribution in [-0.4, -0.2) is 9.58 Å². The van der Waals surface area contributed by atoms with Gasteiger partial charge in [0.1, 0.15) is 0 Å². The van der Waals surface area contributed by atoms with E-state index in [1.54, 1.807) is 0 Å². The molecule has 2 heteroatoms. The lowest BCUT2D eigenvalue weighted by atomic mass is 10.6. The highest BCUT2D eigenvalue weighted by atomic mass is 32.1. The quantitative estimate of drug-likeness (QED) is 0.420. The van der Waals surface area contributed by atoms with Crippen LogP contribution in [-0.2, 0) is 11.3 Å². The van der Waals surface area contributed by atoms with Crippen molar-refractivity contribution in [2.24, 2.45) is 0 Å². The Morgan fingerprint density at radius 3 is 2.60 bits per heavy atom. The van der Waals surface area contributed by atoms with Gasteiger partial charge in [0.05, 0.1) is 11.3 Å². The molecule has 0 heterocycles. The number of hydrogen-bond acceptors (Lipinski definition) is 1. The zero-order valence-electron chi connectivity index (χ0n) is 2.81. The average molecular weight is 89.1 g/mol. The molecule has 0 fully saturated rings. The van der Waals surface area contributed by atoms with Gasteiger partial charge in [-0.2, -0.15) is 0 Å². The third-order valence-corrected chi connectivity index (χ3v) is 0.558. The van der Waals surface area contributed by atoms with Gasteiger partial charge in [0.25, 0.3) is 0 Å². The molecule has 0 rings (SSSR count). The average Bonchev–Trinajstić information content (AvgIpc) is 1.41. The van der Waals surface area contributed by atoms with Crippen molar-refractivity contribution in [3.8, 4) is 0 Å². The van der Waals surface area contributed by atoms with E-state index in [4.69, 9.17) is 0 Å². The molecule has 0 aromatic carbocycles. The van der Waals surface area contributed by atoms with Gasteiger partial charge in [0.2, 0.25) is 0 Å². The molecule has 5 heavy (non-hydrogen) atoms. The first-order valence-corrected chi connectivity index (χ1v) is 2.12. The van der Waals surface area contributed by atoms with Crippen LogP contribution in [0.15, 0.2) is 0 Å². The van der Waals surface area contributed by atoms with Gasteiger partial charge in [-0.05, 0) is 13.3 Å². The highest BCUT2D eigenvalue weighted by Crippen LogP contribution is 1.54. The summed E-state index contributed by atoms with van der Waals surface area (Å²) >= 11 is 0.464. The van der Waals surface area contributed by atoms with E-state index in [2.05, 4.69) is 6.92 Å². The Labute approximate surface area is 35.1 Å². The van der Waals surface area contributed by atoms with Crippen LogP contribution >= 0.6 is 0 Å². The van der Waals surface area contributed by atoms with Crippen molar-refractivity contribution < 1.29 is 4.21 Å². The molecule has 0 aliphatic rings. The summed E-state index contributed by atoms with van der Waals surface area (Å²) in [5.74, 6) is 0. The minimum Gasteiger partial charge on any atom is -0.213 e. The summed E-state index contributed by atoms with van der Waals surface area (Å²) in [6, 6.07) is 0. The Morgan fingerprint density at radius 2 is 2.60 bits per heavy atom. The first-order chi connectivity index (χ1) is 2.41. The molecular formula is C3H5OS. The number of rotatable bonds is 1. The lowest BCUT2D eigenvalue weighted by Gasteiger charge is -1.55. The van der Waals surface area contributed by atoms with Crippen LogP contribution in [0.4, 0.5) is 0 Å². The monoisotopic (exact) mass is 89.0 g/mol. The Morgan fingerprint density at radius 1 is 2.00 bits per heavy atom. The largest absolute Gasteiger partial charge is 0.213 e. The second kappa shape index (κ2) is 3.89. The lowest BCUT2D eigenvalue weighted by Crippen LogP contribution is -1.58. The normalized spacial score (nSPS) is 6.60. The molecule has 0 aromatic rings. The van der Waals surface area contributed by atoms with Gasteiger partial charge >= 0.3 is 0 Å². The van der Waals surface area contributed by atoms with E-state index in [-0.39, 0.29) is 0 Å². The predicted molar refractivity (Wildman–Crippen MR) is 24.2 cm³/mol. The molecule has 1 radical (unpaired) electrons. The highest BCUT2D eigenvalue weighted by molar-refractivity contribution is 7.64. The topological polar surface area (TPSA) is 17.1 Å². The zero-order valence-corrected chi connectivity index (χ0v) is 3.62. The van der Waals surface area contributed by atoms with E-state index < -0.39 is 0 Å². The smallest absolute Gasteiger partial charge is 0.0841 e. The molecule has 0 saturated heterocycles. The van der Waals surface area contributed by atoms with E-state index >= 15 is 0 Å². The van der Waals surface area contributed by atoms with E-state index in [9.17, 15) is 4.21 Å². The minimum atomic E-state index is 0.464. The Hall–Kier alpha value is -0.110. The maximum atomic E-state index is 9.35. The summed E-state index contributed by atoms with van der Waals surface area (Å²) in [6.45, 7) is 3.40. The maximum absolute atomic E-state index is 9.35. The van der Waals surface area contributed by atoms with Crippen LogP contribution in [0.25, 0.3) is 0 Å². The van der Waals surface area contributed by atoms with Crippen molar-refractivity contribution >= 4 is 16.6 Å². The zero-order chi connectivity index (χ0) is 4.12. The van der Waals surface area contributed by atoms with Crippen LogP contribution in [0.2, 0.25) is 0 Å². The third kappa shape index (κ3) is 3.89. The molecule has 0 amide bonds. The van der Waals surface area contributed by atoms with Gasteiger partial charge in [-0.3, -0.25) is 0 Å². The summed E-state index contributed by atoms with van der Waals surface area (Å²) in [5.41, 5.74) is 0. The summed E-state index contributed by atoms with van der Waals surface area (Å²) in [5, 5.41) is 1.50. The van der Waals surface area contributed by atoms with Crippen LogP contribution < -0.4 is 0 Å². The fraction of sp³-hybridized carbons (Fsp3) is 0.333. The molecule has 0 N–H and O–H groups in total. The van der Waals surface area contributed by atoms with E-state index in [0.717, 1.165) is 0 Å². The van der Waals surface area contributed by atoms with E-state index in [1.807, 2.05) is 0 Å². The van der Waals surface area contributed by atoms with Crippen molar-refractivity contribution in [2.75, 3.05) is 0 Å². The van der Waals surface area contributed by atoms with Crippen molar-refractivity contribution in [3.63, 3.8) is 0 Å². The first kappa shape index (κ1) is 4.89. The third-order valence-electron chi connectivity index (χ3n) is 0.186. The SMILES string of the molecule is [CH2]CC=S=O. The molecule has 0 aromatic heterocycles. The van der Waals surface area contributed by atoms with Crippen molar-refractivity contribution in [1.29, 1.82) is 0 Å². The fourth-order valence-corrected chi connectivity index (χ4v) is 0.144. The standard InChI is InChI=1S/C3H5OS/c1-2-3-5-4/h3H,1-2H2.